The lowest BCUT2D eigenvalue weighted by atomic mass is 9.37. The number of hydrogen-bond donors (Lipinski definition) is 0. The summed E-state index contributed by atoms with van der Waals surface area (Å²) in [6.45, 7) is 0.152. The highest BCUT2D eigenvalue weighted by atomic mass is 32.1. The van der Waals surface area contributed by atoms with E-state index in [1.807, 2.05) is 11.3 Å². The number of nitrogens with zero attached hydrogens (tertiary/aromatic N) is 1. The highest BCUT2D eigenvalue weighted by molar-refractivity contribution is 7.26. The molecule has 0 radical (unpaired) electrons. The maximum atomic E-state index is 2.52. The van der Waals surface area contributed by atoms with Gasteiger partial charge in [-0.05, 0) is 91.8 Å². The lowest BCUT2D eigenvalue weighted by Gasteiger charge is -2.36. The van der Waals surface area contributed by atoms with Gasteiger partial charge in [-0.2, -0.15) is 0 Å². The van der Waals surface area contributed by atoms with E-state index in [1.54, 1.807) is 0 Å². The van der Waals surface area contributed by atoms with Gasteiger partial charge in [0.1, 0.15) is 0 Å². The van der Waals surface area contributed by atoms with Crippen molar-refractivity contribution in [1.82, 2.24) is 0 Å². The molecule has 0 saturated carbocycles. The van der Waals surface area contributed by atoms with Gasteiger partial charge in [-0.15, -0.1) is 11.3 Å². The minimum atomic E-state index is 0.152. The highest BCUT2D eigenvalue weighted by Crippen LogP contribution is 2.46. The summed E-state index contributed by atoms with van der Waals surface area (Å²) in [4.78, 5) is 2.52. The average Bonchev–Trinajstić information content (AvgIpc) is 3.75. The van der Waals surface area contributed by atoms with Crippen LogP contribution in [0.25, 0.3) is 64.7 Å². The largest absolute Gasteiger partial charge is 0.311 e. The molecule has 2 aliphatic rings. The predicted molar refractivity (Wildman–Crippen MR) is 220 cm³/mol. The molecule has 1 aromatic heterocycles. The first-order valence-corrected chi connectivity index (χ1v) is 18.4. The first-order chi connectivity index (χ1) is 25.3. The van der Waals surface area contributed by atoms with E-state index in [0.717, 1.165) is 5.69 Å². The van der Waals surface area contributed by atoms with Crippen molar-refractivity contribution in [2.24, 2.45) is 0 Å². The molecule has 0 fully saturated rings. The second-order valence-electron chi connectivity index (χ2n) is 13.6. The number of rotatable bonds is 4. The SMILES string of the molecule is c1ccc(-c2ccc(N3c4ccc(-c5ccccc5)cc4B4c5ccccc5-c5cc(-c6cccc7c6sc6ccccc67)cc3c54)cc2)cc1. The Hall–Kier alpha value is -6.16. The van der Waals surface area contributed by atoms with Gasteiger partial charge < -0.3 is 4.90 Å². The zero-order chi connectivity index (χ0) is 33.5. The van der Waals surface area contributed by atoms with Crippen LogP contribution < -0.4 is 21.3 Å². The molecule has 0 atom stereocenters. The summed E-state index contributed by atoms with van der Waals surface area (Å²) in [5, 5.41) is 2.66. The van der Waals surface area contributed by atoms with E-state index in [-0.39, 0.29) is 6.71 Å². The molecule has 236 valence electrons. The lowest BCUT2D eigenvalue weighted by Crippen LogP contribution is -2.54. The van der Waals surface area contributed by atoms with Gasteiger partial charge in [-0.3, -0.25) is 0 Å². The normalized spacial score (nSPS) is 12.6. The van der Waals surface area contributed by atoms with Gasteiger partial charge >= 0.3 is 0 Å². The molecule has 51 heavy (non-hydrogen) atoms. The summed E-state index contributed by atoms with van der Waals surface area (Å²) in [5.74, 6) is 0. The van der Waals surface area contributed by atoms with E-state index in [2.05, 4.69) is 187 Å². The highest BCUT2D eigenvalue weighted by Gasteiger charge is 2.43. The van der Waals surface area contributed by atoms with E-state index in [4.69, 9.17) is 0 Å². The Morgan fingerprint density at radius 1 is 0.392 bits per heavy atom. The summed E-state index contributed by atoms with van der Waals surface area (Å²) in [5.41, 5.74) is 17.9. The van der Waals surface area contributed by atoms with E-state index in [0.29, 0.717) is 0 Å². The van der Waals surface area contributed by atoms with Crippen LogP contribution in [-0.4, -0.2) is 6.71 Å². The van der Waals surface area contributed by atoms with Crippen molar-refractivity contribution >= 4 is 71.7 Å². The number of benzene rings is 8. The van der Waals surface area contributed by atoms with Crippen LogP contribution in [0.3, 0.4) is 0 Å². The molecule has 9 aromatic rings. The Morgan fingerprint density at radius 3 is 1.86 bits per heavy atom. The molecule has 0 saturated heterocycles. The van der Waals surface area contributed by atoms with Crippen LogP contribution in [0.2, 0.25) is 0 Å². The summed E-state index contributed by atoms with van der Waals surface area (Å²) >= 11 is 1.90. The van der Waals surface area contributed by atoms with Crippen molar-refractivity contribution in [3.05, 3.63) is 182 Å². The molecular weight excluding hydrogens is 633 g/mol. The summed E-state index contributed by atoms with van der Waals surface area (Å²) in [7, 11) is 0. The van der Waals surface area contributed by atoms with Gasteiger partial charge in [-0.1, -0.05) is 151 Å². The molecule has 8 aromatic carbocycles. The Bertz CT molecular complexity index is 2800. The minimum Gasteiger partial charge on any atom is -0.311 e. The van der Waals surface area contributed by atoms with Crippen LogP contribution in [-0.2, 0) is 0 Å². The maximum Gasteiger partial charge on any atom is 0.248 e. The molecule has 0 N–H and O–H groups in total. The summed E-state index contributed by atoms with van der Waals surface area (Å²) < 4.78 is 2.67. The average molecular weight is 664 g/mol. The van der Waals surface area contributed by atoms with Gasteiger partial charge in [0.2, 0.25) is 6.71 Å². The molecule has 3 heteroatoms. The third-order valence-corrected chi connectivity index (χ3v) is 12.1. The number of anilines is 3. The van der Waals surface area contributed by atoms with E-state index in [9.17, 15) is 0 Å². The molecule has 3 heterocycles. The second kappa shape index (κ2) is 11.2. The molecule has 0 unspecified atom stereocenters. The standard InChI is InChI=1S/C48H30BNS/c1-3-12-31(13-4-1)33-22-25-36(26-23-33)50-44-27-24-34(32-14-5-2-6-15-32)29-43(44)49-42-20-9-7-16-38(42)41-28-35(30-45(50)47(41)49)37-18-11-19-40-39-17-8-10-21-46(39)51-48(37)40/h1-30H. The molecule has 0 bridgehead atoms. The van der Waals surface area contributed by atoms with Gasteiger partial charge in [-0.25, -0.2) is 0 Å². The molecule has 0 aliphatic carbocycles. The number of thiophene rings is 1. The van der Waals surface area contributed by atoms with Crippen molar-refractivity contribution < 1.29 is 0 Å². The minimum absolute atomic E-state index is 0.152. The van der Waals surface area contributed by atoms with Crippen molar-refractivity contribution in [1.29, 1.82) is 0 Å². The van der Waals surface area contributed by atoms with E-state index >= 15 is 0 Å². The molecule has 0 amide bonds. The predicted octanol–water partition coefficient (Wildman–Crippen LogP) is 11.3. The number of fused-ring (bicyclic) bond motifs is 8. The Balaban J connectivity index is 1.18. The Labute approximate surface area is 301 Å². The van der Waals surface area contributed by atoms with Crippen LogP contribution >= 0.6 is 11.3 Å². The van der Waals surface area contributed by atoms with Crippen LogP contribution in [0.15, 0.2) is 182 Å². The smallest absolute Gasteiger partial charge is 0.248 e. The van der Waals surface area contributed by atoms with Crippen molar-refractivity contribution in [3.63, 3.8) is 0 Å². The quantitative estimate of drug-likeness (QED) is 0.169. The van der Waals surface area contributed by atoms with Crippen LogP contribution in [0.1, 0.15) is 0 Å². The van der Waals surface area contributed by atoms with Crippen molar-refractivity contribution in [3.8, 4) is 44.5 Å². The van der Waals surface area contributed by atoms with Crippen LogP contribution in [0.4, 0.5) is 17.1 Å². The Kier molecular flexibility index (Phi) is 6.28. The van der Waals surface area contributed by atoms with Gasteiger partial charge in [0, 0.05) is 37.2 Å². The third kappa shape index (κ3) is 4.35. The van der Waals surface area contributed by atoms with Gasteiger partial charge in [0.05, 0.1) is 0 Å². The first kappa shape index (κ1) is 28.7. The molecule has 1 nitrogen and oxygen atoms in total. The lowest BCUT2D eigenvalue weighted by molar-refractivity contribution is 1.30. The fourth-order valence-electron chi connectivity index (χ4n) is 8.59. The summed E-state index contributed by atoms with van der Waals surface area (Å²) in [6, 6.07) is 67.3. The number of hydrogen-bond acceptors (Lipinski definition) is 2. The Morgan fingerprint density at radius 2 is 1.04 bits per heavy atom. The summed E-state index contributed by atoms with van der Waals surface area (Å²) in [6.07, 6.45) is 0. The zero-order valence-corrected chi connectivity index (χ0v) is 28.6. The fraction of sp³-hybridized carbons (Fsp3) is 0. The molecule has 0 spiro atoms. The third-order valence-electron chi connectivity index (χ3n) is 10.9. The van der Waals surface area contributed by atoms with Crippen molar-refractivity contribution in [2.45, 2.75) is 0 Å². The van der Waals surface area contributed by atoms with Gasteiger partial charge in [0.25, 0.3) is 0 Å². The van der Waals surface area contributed by atoms with Gasteiger partial charge in [0.15, 0.2) is 0 Å². The molecule has 2 aliphatic heterocycles. The van der Waals surface area contributed by atoms with Crippen LogP contribution in [0, 0.1) is 0 Å². The van der Waals surface area contributed by atoms with Crippen LogP contribution in [0.5, 0.6) is 0 Å². The topological polar surface area (TPSA) is 3.24 Å². The first-order valence-electron chi connectivity index (χ1n) is 17.6. The van der Waals surface area contributed by atoms with Crippen molar-refractivity contribution in [2.75, 3.05) is 4.90 Å². The second-order valence-corrected chi connectivity index (χ2v) is 14.7. The molecular formula is C48H30BNS. The maximum absolute atomic E-state index is 2.52. The fourth-order valence-corrected chi connectivity index (χ4v) is 9.83. The monoisotopic (exact) mass is 663 g/mol. The zero-order valence-electron chi connectivity index (χ0n) is 27.8. The van der Waals surface area contributed by atoms with E-state index in [1.165, 1.54) is 92.4 Å². The molecule has 11 rings (SSSR count). The van der Waals surface area contributed by atoms with E-state index < -0.39 is 0 Å².